The lowest BCUT2D eigenvalue weighted by molar-refractivity contribution is -0.136. The van der Waals surface area contributed by atoms with Crippen molar-refractivity contribution in [2.75, 3.05) is 0 Å². The van der Waals surface area contributed by atoms with Crippen molar-refractivity contribution in [2.24, 2.45) is 23.7 Å². The molecule has 0 saturated heterocycles. The Morgan fingerprint density at radius 1 is 1.04 bits per heavy atom. The molecule has 26 heavy (non-hydrogen) atoms. The van der Waals surface area contributed by atoms with Crippen molar-refractivity contribution in [3.8, 4) is 0 Å². The second-order valence-corrected chi connectivity index (χ2v) is 7.81. The molecule has 2 aromatic carbocycles. The van der Waals surface area contributed by atoms with Gasteiger partial charge in [0.15, 0.2) is 0 Å². The molecule has 0 radical (unpaired) electrons. The van der Waals surface area contributed by atoms with E-state index in [1.54, 1.807) is 0 Å². The average molecular weight is 348 g/mol. The van der Waals surface area contributed by atoms with Crippen LogP contribution in [0.2, 0.25) is 0 Å². The maximum atomic E-state index is 13.4. The number of rotatable bonds is 4. The Hall–Kier alpha value is -2.19. The Balaban J connectivity index is 2.09. The van der Waals surface area contributed by atoms with E-state index in [0.29, 0.717) is 6.42 Å². The van der Waals surface area contributed by atoms with E-state index in [2.05, 4.69) is 26.8 Å². The maximum Gasteiger partial charge on any atom is 0.146 e. The standard InChI is InChI=1S/C24H28O2/c1-16(2)22-17(3)14-21(25)23(24(22)26)20(19-12-8-5-9-13-19)15-18-10-6-4-7-11-18/h4-13,15-17,21-23,25H,14H2,1-3H3. The fourth-order valence-electron chi connectivity index (χ4n) is 4.40. The van der Waals surface area contributed by atoms with E-state index < -0.39 is 12.0 Å². The van der Waals surface area contributed by atoms with Crippen LogP contribution in [-0.2, 0) is 4.79 Å². The summed E-state index contributed by atoms with van der Waals surface area (Å²) in [6.45, 7) is 6.30. The molecule has 0 spiro atoms. The molecule has 1 saturated carbocycles. The van der Waals surface area contributed by atoms with Gasteiger partial charge >= 0.3 is 0 Å². The van der Waals surface area contributed by atoms with Crippen molar-refractivity contribution in [3.63, 3.8) is 0 Å². The van der Waals surface area contributed by atoms with E-state index >= 15 is 0 Å². The lowest BCUT2D eigenvalue weighted by atomic mass is 9.65. The molecule has 4 atom stereocenters. The van der Waals surface area contributed by atoms with Crippen LogP contribution in [0.5, 0.6) is 0 Å². The minimum atomic E-state index is -0.636. The summed E-state index contributed by atoms with van der Waals surface area (Å²) in [5.41, 5.74) is 2.98. The maximum absolute atomic E-state index is 13.4. The number of carbonyl (C=O) groups excluding carboxylic acids is 1. The first-order valence-electron chi connectivity index (χ1n) is 9.53. The molecule has 3 rings (SSSR count). The second-order valence-electron chi connectivity index (χ2n) is 7.81. The molecule has 0 aliphatic heterocycles. The summed E-state index contributed by atoms with van der Waals surface area (Å²) in [6, 6.07) is 20.0. The Kier molecular flexibility index (Phi) is 5.73. The minimum absolute atomic E-state index is 0.00807. The van der Waals surface area contributed by atoms with E-state index in [1.807, 2.05) is 60.7 Å². The first kappa shape index (κ1) is 18.6. The molecule has 0 amide bonds. The lowest BCUT2D eigenvalue weighted by Crippen LogP contribution is -2.45. The molecule has 0 heterocycles. The zero-order valence-electron chi connectivity index (χ0n) is 15.8. The van der Waals surface area contributed by atoms with Crippen molar-refractivity contribution in [3.05, 3.63) is 71.8 Å². The van der Waals surface area contributed by atoms with Crippen molar-refractivity contribution >= 4 is 17.4 Å². The number of hydrogen-bond donors (Lipinski definition) is 1. The zero-order chi connectivity index (χ0) is 18.7. The fourth-order valence-corrected chi connectivity index (χ4v) is 4.40. The Morgan fingerprint density at radius 2 is 1.62 bits per heavy atom. The fraction of sp³-hybridized carbons (Fsp3) is 0.375. The monoisotopic (exact) mass is 348 g/mol. The summed E-state index contributed by atoms with van der Waals surface area (Å²) < 4.78 is 0. The van der Waals surface area contributed by atoms with Crippen LogP contribution in [0.3, 0.4) is 0 Å². The normalized spacial score (nSPS) is 27.0. The third-order valence-corrected chi connectivity index (χ3v) is 5.53. The van der Waals surface area contributed by atoms with Gasteiger partial charge in [-0.3, -0.25) is 4.79 Å². The van der Waals surface area contributed by atoms with Gasteiger partial charge in [0, 0.05) is 5.92 Å². The van der Waals surface area contributed by atoms with Crippen LogP contribution in [0.4, 0.5) is 0 Å². The second kappa shape index (κ2) is 8.01. The molecule has 1 N–H and O–H groups in total. The number of aliphatic hydroxyl groups is 1. The molecule has 2 aromatic rings. The predicted octanol–water partition coefficient (Wildman–Crippen LogP) is 5.09. The zero-order valence-corrected chi connectivity index (χ0v) is 15.8. The highest BCUT2D eigenvalue weighted by atomic mass is 16.3. The molecular formula is C24H28O2. The van der Waals surface area contributed by atoms with Gasteiger partial charge in [0.1, 0.15) is 5.78 Å². The first-order valence-corrected chi connectivity index (χ1v) is 9.53. The van der Waals surface area contributed by atoms with Crippen LogP contribution >= 0.6 is 0 Å². The highest BCUT2D eigenvalue weighted by molar-refractivity contribution is 6.00. The van der Waals surface area contributed by atoms with Crippen molar-refractivity contribution in [1.29, 1.82) is 0 Å². The van der Waals surface area contributed by atoms with Gasteiger partial charge in [0.05, 0.1) is 12.0 Å². The van der Waals surface area contributed by atoms with E-state index in [-0.39, 0.29) is 23.5 Å². The molecule has 136 valence electrons. The quantitative estimate of drug-likeness (QED) is 0.782. The number of aliphatic hydroxyl groups excluding tert-OH is 1. The van der Waals surface area contributed by atoms with Gasteiger partial charge in [-0.15, -0.1) is 0 Å². The molecule has 2 nitrogen and oxygen atoms in total. The Labute approximate surface area is 156 Å². The van der Waals surface area contributed by atoms with Gasteiger partial charge < -0.3 is 5.11 Å². The molecule has 4 unspecified atom stereocenters. The van der Waals surface area contributed by atoms with Crippen LogP contribution in [0, 0.1) is 23.7 Å². The summed E-state index contributed by atoms with van der Waals surface area (Å²) in [5, 5.41) is 10.9. The first-order chi connectivity index (χ1) is 12.5. The van der Waals surface area contributed by atoms with Crippen LogP contribution in [-0.4, -0.2) is 17.0 Å². The number of hydrogen-bond acceptors (Lipinski definition) is 2. The highest BCUT2D eigenvalue weighted by Gasteiger charge is 2.44. The van der Waals surface area contributed by atoms with Gasteiger partial charge in [-0.1, -0.05) is 87.5 Å². The minimum Gasteiger partial charge on any atom is -0.392 e. The molecule has 1 fully saturated rings. The molecule has 2 heteroatoms. The summed E-state index contributed by atoms with van der Waals surface area (Å²) in [7, 11) is 0. The van der Waals surface area contributed by atoms with E-state index in [4.69, 9.17) is 0 Å². The van der Waals surface area contributed by atoms with Crippen LogP contribution in [0.25, 0.3) is 11.6 Å². The number of Topliss-reactive ketones (excluding diaryl/α,β-unsaturated/α-hetero) is 1. The van der Waals surface area contributed by atoms with Crippen molar-refractivity contribution in [2.45, 2.75) is 33.3 Å². The summed E-state index contributed by atoms with van der Waals surface area (Å²) in [6.07, 6.45) is 2.09. The van der Waals surface area contributed by atoms with Crippen molar-refractivity contribution < 1.29 is 9.90 Å². The SMILES string of the molecule is CC(C)C1C(=O)C(C(=Cc2ccccc2)c2ccccc2)C(O)CC1C. The molecule has 1 aliphatic rings. The average Bonchev–Trinajstić information content (AvgIpc) is 2.61. The summed E-state index contributed by atoms with van der Waals surface area (Å²) in [4.78, 5) is 13.4. The Bertz CT molecular complexity index is 761. The topological polar surface area (TPSA) is 37.3 Å². The van der Waals surface area contributed by atoms with Crippen molar-refractivity contribution in [1.82, 2.24) is 0 Å². The largest absolute Gasteiger partial charge is 0.392 e. The summed E-state index contributed by atoms with van der Waals surface area (Å²) in [5.74, 6) is 0.188. The van der Waals surface area contributed by atoms with Gasteiger partial charge in [-0.25, -0.2) is 0 Å². The van der Waals surface area contributed by atoms with Crippen LogP contribution in [0.1, 0.15) is 38.3 Å². The van der Waals surface area contributed by atoms with E-state index in [1.165, 1.54) is 0 Å². The third kappa shape index (κ3) is 3.81. The Morgan fingerprint density at radius 3 is 2.19 bits per heavy atom. The van der Waals surface area contributed by atoms with Gasteiger partial charge in [-0.2, -0.15) is 0 Å². The van der Waals surface area contributed by atoms with Crippen LogP contribution < -0.4 is 0 Å². The molecular weight excluding hydrogens is 320 g/mol. The molecule has 0 bridgehead atoms. The smallest absolute Gasteiger partial charge is 0.146 e. The summed E-state index contributed by atoms with van der Waals surface area (Å²) >= 11 is 0. The van der Waals surface area contributed by atoms with Gasteiger partial charge in [0.2, 0.25) is 0 Å². The number of carbonyl (C=O) groups is 1. The van der Waals surface area contributed by atoms with E-state index in [9.17, 15) is 9.90 Å². The molecule has 0 aromatic heterocycles. The highest BCUT2D eigenvalue weighted by Crippen LogP contribution is 2.42. The predicted molar refractivity (Wildman–Crippen MR) is 107 cm³/mol. The van der Waals surface area contributed by atoms with Gasteiger partial charge in [-0.05, 0) is 35.0 Å². The third-order valence-electron chi connectivity index (χ3n) is 5.53. The lowest BCUT2D eigenvalue weighted by Gasteiger charge is -2.39. The molecule has 1 aliphatic carbocycles. The van der Waals surface area contributed by atoms with Crippen LogP contribution in [0.15, 0.2) is 60.7 Å². The van der Waals surface area contributed by atoms with Gasteiger partial charge in [0.25, 0.3) is 0 Å². The number of ketones is 1. The number of benzene rings is 2. The van der Waals surface area contributed by atoms with E-state index in [0.717, 1.165) is 16.7 Å².